The van der Waals surface area contributed by atoms with Crippen molar-refractivity contribution in [1.29, 1.82) is 0 Å². The molecule has 142 valence electrons. The Labute approximate surface area is 155 Å². The predicted molar refractivity (Wildman–Crippen MR) is 106 cm³/mol. The summed E-state index contributed by atoms with van der Waals surface area (Å²) in [6.07, 6.45) is 1.26. The SMILES string of the molecule is Cc1ccc2nc(-c3nc(C(=O)NCC(=O)N(C)C)cnc3N)[nH]c2c1.[HH].[HH].[HH].[HH]. The number of rotatable bonds is 4. The van der Waals surface area contributed by atoms with Gasteiger partial charge in [-0.25, -0.2) is 15.0 Å². The summed E-state index contributed by atoms with van der Waals surface area (Å²) in [7, 11) is 3.22. The van der Waals surface area contributed by atoms with E-state index in [0.29, 0.717) is 5.82 Å². The van der Waals surface area contributed by atoms with Crippen LogP contribution in [0.15, 0.2) is 24.4 Å². The Balaban J connectivity index is 0. The highest BCUT2D eigenvalue weighted by atomic mass is 16.2. The summed E-state index contributed by atoms with van der Waals surface area (Å²) in [6, 6.07) is 5.80. The van der Waals surface area contributed by atoms with Crippen LogP contribution in [0.25, 0.3) is 22.6 Å². The number of hydrogen-bond donors (Lipinski definition) is 3. The number of nitrogens with two attached hydrogens (primary N) is 1. The lowest BCUT2D eigenvalue weighted by atomic mass is 10.2. The van der Waals surface area contributed by atoms with Crippen molar-refractivity contribution in [2.24, 2.45) is 0 Å². The number of aryl methyl sites for hydroxylation is 1. The number of carbonyl (C=O) groups excluding carboxylic acids is 2. The van der Waals surface area contributed by atoms with Crippen molar-refractivity contribution in [3.05, 3.63) is 35.7 Å². The molecular weight excluding hydrogens is 334 g/mol. The second kappa shape index (κ2) is 6.79. The number of aromatic nitrogens is 4. The van der Waals surface area contributed by atoms with Crippen molar-refractivity contribution in [2.75, 3.05) is 26.4 Å². The highest BCUT2D eigenvalue weighted by Gasteiger charge is 2.16. The largest absolute Gasteiger partial charge is 0.382 e. The van der Waals surface area contributed by atoms with E-state index in [1.54, 1.807) is 14.1 Å². The number of nitrogen functional groups attached to an aromatic ring is 1. The zero-order valence-electron chi connectivity index (χ0n) is 14.7. The zero-order chi connectivity index (χ0) is 18.8. The molecule has 2 heterocycles. The fourth-order valence-electron chi connectivity index (χ4n) is 2.32. The molecule has 26 heavy (non-hydrogen) atoms. The molecule has 0 unspecified atom stereocenters. The summed E-state index contributed by atoms with van der Waals surface area (Å²) >= 11 is 0. The second-order valence-corrected chi connectivity index (χ2v) is 6.07. The summed E-state index contributed by atoms with van der Waals surface area (Å²) < 4.78 is 0. The zero-order valence-corrected chi connectivity index (χ0v) is 14.7. The molecule has 0 bridgehead atoms. The minimum atomic E-state index is -0.513. The van der Waals surface area contributed by atoms with E-state index in [1.807, 2.05) is 25.1 Å². The normalized spacial score (nSPS) is 10.7. The quantitative estimate of drug-likeness (QED) is 0.648. The maximum Gasteiger partial charge on any atom is 0.271 e. The average Bonchev–Trinajstić information content (AvgIpc) is 3.02. The fraction of sp³-hybridized carbons (Fsp3) is 0.235. The van der Waals surface area contributed by atoms with Crippen LogP contribution in [0, 0.1) is 6.92 Å². The van der Waals surface area contributed by atoms with Crippen LogP contribution in [0.4, 0.5) is 5.82 Å². The van der Waals surface area contributed by atoms with E-state index >= 15 is 0 Å². The van der Waals surface area contributed by atoms with Gasteiger partial charge in [0.15, 0.2) is 11.6 Å². The van der Waals surface area contributed by atoms with Gasteiger partial charge in [0.1, 0.15) is 11.4 Å². The summed E-state index contributed by atoms with van der Waals surface area (Å²) in [5.74, 6) is -0.160. The molecule has 0 fully saturated rings. The number of hydrogen-bond acceptors (Lipinski definition) is 6. The molecular formula is C17H27N7O2. The minimum absolute atomic E-state index is 0. The van der Waals surface area contributed by atoms with Crippen LogP contribution in [0.3, 0.4) is 0 Å². The van der Waals surface area contributed by atoms with Gasteiger partial charge in [-0.2, -0.15) is 0 Å². The third-order valence-electron chi connectivity index (χ3n) is 3.79. The van der Waals surface area contributed by atoms with E-state index in [1.165, 1.54) is 11.1 Å². The molecule has 0 atom stereocenters. The number of nitrogens with one attached hydrogen (secondary N) is 2. The number of nitrogens with zero attached hydrogens (tertiary/aromatic N) is 4. The standard InChI is InChI=1S/C17H19N7O2.4H2/c1-9-4-5-10-11(6-9)23-16(22-10)14-15(18)19-7-12(21-14)17(26)20-8-13(25)24(2)3;;;;/h4-7H,8H2,1-3H3,(H2,18,19)(H,20,26)(H,22,23);4*1H. The maximum absolute atomic E-state index is 12.2. The Morgan fingerprint density at radius 1 is 1.31 bits per heavy atom. The number of fused-ring (bicyclic) bond motifs is 1. The number of carbonyl (C=O) groups is 2. The molecule has 2 aromatic heterocycles. The third kappa shape index (κ3) is 3.46. The first kappa shape index (κ1) is 17.3. The van der Waals surface area contributed by atoms with E-state index in [4.69, 9.17) is 5.73 Å². The predicted octanol–water partition coefficient (Wildman–Crippen LogP) is 1.71. The summed E-state index contributed by atoms with van der Waals surface area (Å²) in [5, 5.41) is 2.51. The Bertz CT molecular complexity index is 1010. The van der Waals surface area contributed by atoms with Crippen molar-refractivity contribution in [3.8, 4) is 11.5 Å². The molecule has 3 rings (SSSR count). The number of H-pyrrole nitrogens is 1. The topological polar surface area (TPSA) is 130 Å². The van der Waals surface area contributed by atoms with E-state index in [9.17, 15) is 9.59 Å². The van der Waals surface area contributed by atoms with E-state index in [2.05, 4.69) is 25.3 Å². The number of anilines is 1. The van der Waals surface area contributed by atoms with Gasteiger partial charge in [0.05, 0.1) is 23.8 Å². The first-order valence-corrected chi connectivity index (χ1v) is 7.93. The van der Waals surface area contributed by atoms with Gasteiger partial charge in [0, 0.05) is 19.8 Å². The molecule has 0 radical (unpaired) electrons. The highest BCUT2D eigenvalue weighted by Crippen LogP contribution is 2.23. The first-order valence-electron chi connectivity index (χ1n) is 7.93. The Kier molecular flexibility index (Phi) is 4.53. The molecule has 9 heteroatoms. The Morgan fingerprint density at radius 2 is 2.08 bits per heavy atom. The molecule has 0 saturated carbocycles. The third-order valence-corrected chi connectivity index (χ3v) is 3.79. The van der Waals surface area contributed by atoms with E-state index in [0.717, 1.165) is 16.6 Å². The summed E-state index contributed by atoms with van der Waals surface area (Å²) in [4.78, 5) is 41.1. The van der Waals surface area contributed by atoms with Gasteiger partial charge in [-0.15, -0.1) is 0 Å². The number of imidazole rings is 1. The van der Waals surface area contributed by atoms with Gasteiger partial charge in [-0.1, -0.05) is 6.07 Å². The molecule has 3 aromatic rings. The van der Waals surface area contributed by atoms with Crippen LogP contribution in [0.5, 0.6) is 0 Å². The Hall–Kier alpha value is -3.49. The number of likely N-dealkylation sites (N-methyl/N-ethyl adjacent to an activating group) is 1. The van der Waals surface area contributed by atoms with Crippen LogP contribution < -0.4 is 11.1 Å². The van der Waals surface area contributed by atoms with Gasteiger partial charge in [-0.05, 0) is 24.6 Å². The van der Waals surface area contributed by atoms with E-state index in [-0.39, 0.29) is 35.4 Å². The van der Waals surface area contributed by atoms with Crippen molar-refractivity contribution in [1.82, 2.24) is 30.2 Å². The molecule has 4 N–H and O–H groups in total. The maximum atomic E-state index is 12.2. The number of aromatic amines is 1. The summed E-state index contributed by atoms with van der Waals surface area (Å²) in [6.45, 7) is 1.85. The van der Waals surface area contributed by atoms with Crippen molar-refractivity contribution < 1.29 is 15.3 Å². The smallest absolute Gasteiger partial charge is 0.271 e. The second-order valence-electron chi connectivity index (χ2n) is 6.07. The molecule has 0 aliphatic rings. The van der Waals surface area contributed by atoms with Gasteiger partial charge < -0.3 is 20.9 Å². The molecule has 9 nitrogen and oxygen atoms in total. The van der Waals surface area contributed by atoms with Crippen molar-refractivity contribution >= 4 is 28.7 Å². The lowest BCUT2D eigenvalue weighted by molar-refractivity contribution is -0.127. The van der Waals surface area contributed by atoms with Crippen LogP contribution in [-0.4, -0.2) is 57.3 Å². The lowest BCUT2D eigenvalue weighted by Gasteiger charge is -2.11. The van der Waals surface area contributed by atoms with Gasteiger partial charge in [0.25, 0.3) is 5.91 Å². The number of benzene rings is 1. The fourth-order valence-corrected chi connectivity index (χ4v) is 2.32. The molecule has 0 spiro atoms. The lowest BCUT2D eigenvalue weighted by Crippen LogP contribution is -2.36. The minimum Gasteiger partial charge on any atom is -0.382 e. The van der Waals surface area contributed by atoms with Crippen LogP contribution in [0.2, 0.25) is 0 Å². The highest BCUT2D eigenvalue weighted by molar-refractivity contribution is 5.95. The first-order chi connectivity index (χ1) is 12.3. The molecule has 0 saturated heterocycles. The Morgan fingerprint density at radius 3 is 2.81 bits per heavy atom. The van der Waals surface area contributed by atoms with Crippen LogP contribution in [0.1, 0.15) is 21.8 Å². The van der Waals surface area contributed by atoms with Gasteiger partial charge in [-0.3, -0.25) is 9.59 Å². The molecule has 2 amide bonds. The molecule has 0 aliphatic carbocycles. The van der Waals surface area contributed by atoms with E-state index < -0.39 is 5.91 Å². The monoisotopic (exact) mass is 361 g/mol. The van der Waals surface area contributed by atoms with Crippen LogP contribution in [-0.2, 0) is 4.79 Å². The number of amides is 2. The summed E-state index contributed by atoms with van der Waals surface area (Å²) in [5.41, 5.74) is 8.94. The van der Waals surface area contributed by atoms with Crippen molar-refractivity contribution in [3.63, 3.8) is 0 Å². The van der Waals surface area contributed by atoms with Crippen LogP contribution >= 0.6 is 0 Å². The van der Waals surface area contributed by atoms with Gasteiger partial charge in [0.2, 0.25) is 5.91 Å². The molecule has 1 aromatic carbocycles. The average molecular weight is 361 g/mol. The van der Waals surface area contributed by atoms with Gasteiger partial charge >= 0.3 is 0 Å². The van der Waals surface area contributed by atoms with Crippen molar-refractivity contribution in [2.45, 2.75) is 6.92 Å². The molecule has 0 aliphatic heterocycles.